The van der Waals surface area contributed by atoms with Gasteiger partial charge in [0, 0.05) is 0 Å². The molecule has 0 spiro atoms. The number of para-hydroxylation sites is 3. The first-order valence-corrected chi connectivity index (χ1v) is 9.97. The predicted octanol–water partition coefficient (Wildman–Crippen LogP) is 4.60. The molecule has 0 radical (unpaired) electrons. The monoisotopic (exact) mass is 402 g/mol. The summed E-state index contributed by atoms with van der Waals surface area (Å²) in [6, 6.07) is 24.8. The average molecular weight is 402 g/mol. The van der Waals surface area contributed by atoms with Crippen molar-refractivity contribution < 1.29 is 9.53 Å². The molecule has 1 heterocycles. The molecule has 4 rings (SSSR count). The highest BCUT2D eigenvalue weighted by Crippen LogP contribution is 2.21. The lowest BCUT2D eigenvalue weighted by atomic mass is 10.2. The Balaban J connectivity index is 1.29. The lowest BCUT2D eigenvalue weighted by Gasteiger charge is -2.05. The topological polar surface area (TPSA) is 79.4 Å². The Bertz CT molecular complexity index is 1110. The van der Waals surface area contributed by atoms with Crippen molar-refractivity contribution in [2.24, 2.45) is 5.10 Å². The Labute approximate surface area is 172 Å². The second-order valence-electron chi connectivity index (χ2n) is 6.13. The number of hydrazone groups is 1. The van der Waals surface area contributed by atoms with E-state index in [-0.39, 0.29) is 11.7 Å². The molecule has 0 unspecified atom stereocenters. The van der Waals surface area contributed by atoms with Gasteiger partial charge in [0.1, 0.15) is 11.5 Å². The zero-order valence-corrected chi connectivity index (χ0v) is 16.2. The number of thioether (sulfide) groups is 1. The van der Waals surface area contributed by atoms with E-state index in [9.17, 15) is 4.79 Å². The highest BCUT2D eigenvalue weighted by atomic mass is 32.2. The van der Waals surface area contributed by atoms with E-state index in [4.69, 9.17) is 4.74 Å². The molecule has 2 N–H and O–H groups in total. The van der Waals surface area contributed by atoms with E-state index in [0.29, 0.717) is 10.9 Å². The minimum Gasteiger partial charge on any atom is -0.457 e. The molecule has 0 aliphatic carbocycles. The fourth-order valence-corrected chi connectivity index (χ4v) is 3.30. The second-order valence-corrected chi connectivity index (χ2v) is 7.09. The van der Waals surface area contributed by atoms with Crippen LogP contribution in [0.2, 0.25) is 0 Å². The molecule has 0 atom stereocenters. The number of H-pyrrole nitrogens is 1. The van der Waals surface area contributed by atoms with Crippen LogP contribution in [0.15, 0.2) is 89.1 Å². The van der Waals surface area contributed by atoms with Crippen molar-refractivity contribution in [3.8, 4) is 11.5 Å². The summed E-state index contributed by atoms with van der Waals surface area (Å²) in [6.45, 7) is 0. The Morgan fingerprint density at radius 1 is 1.03 bits per heavy atom. The first-order chi connectivity index (χ1) is 14.3. The summed E-state index contributed by atoms with van der Waals surface area (Å²) in [5.41, 5.74) is 5.18. The zero-order chi connectivity index (χ0) is 19.9. The van der Waals surface area contributed by atoms with Crippen LogP contribution < -0.4 is 10.2 Å². The molecule has 144 valence electrons. The van der Waals surface area contributed by atoms with E-state index in [1.54, 1.807) is 6.21 Å². The quantitative estimate of drug-likeness (QED) is 0.269. The van der Waals surface area contributed by atoms with Gasteiger partial charge in [-0.1, -0.05) is 54.2 Å². The Morgan fingerprint density at radius 2 is 1.83 bits per heavy atom. The van der Waals surface area contributed by atoms with E-state index in [1.165, 1.54) is 11.8 Å². The number of aromatic nitrogens is 2. The van der Waals surface area contributed by atoms with Crippen molar-refractivity contribution in [1.82, 2.24) is 15.4 Å². The molecule has 4 aromatic rings. The lowest BCUT2D eigenvalue weighted by molar-refractivity contribution is -0.118. The van der Waals surface area contributed by atoms with E-state index in [1.807, 2.05) is 78.9 Å². The second kappa shape index (κ2) is 9.07. The molecule has 0 aliphatic heterocycles. The van der Waals surface area contributed by atoms with Crippen molar-refractivity contribution in [3.05, 3.63) is 84.4 Å². The number of imidazole rings is 1. The van der Waals surface area contributed by atoms with Gasteiger partial charge in [-0.05, 0) is 42.0 Å². The van der Waals surface area contributed by atoms with Crippen LogP contribution in [0.5, 0.6) is 11.5 Å². The molecule has 0 saturated carbocycles. The van der Waals surface area contributed by atoms with E-state index < -0.39 is 0 Å². The fraction of sp³-hybridized carbons (Fsp3) is 0.0455. The third-order valence-corrected chi connectivity index (χ3v) is 4.82. The molecule has 1 aromatic heterocycles. The van der Waals surface area contributed by atoms with Crippen LogP contribution in [-0.2, 0) is 4.79 Å². The lowest BCUT2D eigenvalue weighted by Crippen LogP contribution is -2.19. The summed E-state index contributed by atoms with van der Waals surface area (Å²) in [4.78, 5) is 19.6. The van der Waals surface area contributed by atoms with Crippen LogP contribution >= 0.6 is 11.8 Å². The SMILES string of the molecule is O=C(CSc1nc2ccccc2[nH]1)NN=Cc1cccc(Oc2ccccc2)c1. The Hall–Kier alpha value is -3.58. The molecule has 0 saturated heterocycles. The van der Waals surface area contributed by atoms with Crippen molar-refractivity contribution in [3.63, 3.8) is 0 Å². The van der Waals surface area contributed by atoms with Crippen LogP contribution in [0.1, 0.15) is 5.56 Å². The van der Waals surface area contributed by atoms with Gasteiger partial charge in [-0.2, -0.15) is 5.10 Å². The maximum absolute atomic E-state index is 12.0. The molecule has 0 aliphatic rings. The van der Waals surface area contributed by atoms with Gasteiger partial charge in [0.05, 0.1) is 23.0 Å². The minimum absolute atomic E-state index is 0.205. The van der Waals surface area contributed by atoms with Crippen LogP contribution in [0.4, 0.5) is 0 Å². The number of carbonyl (C=O) groups excluding carboxylic acids is 1. The number of hydrogen-bond donors (Lipinski definition) is 2. The first-order valence-electron chi connectivity index (χ1n) is 8.99. The van der Waals surface area contributed by atoms with Crippen molar-refractivity contribution in [2.75, 3.05) is 5.75 Å². The minimum atomic E-state index is -0.205. The number of nitrogens with zero attached hydrogens (tertiary/aromatic N) is 2. The summed E-state index contributed by atoms with van der Waals surface area (Å²) in [7, 11) is 0. The number of fused-ring (bicyclic) bond motifs is 1. The van der Waals surface area contributed by atoms with Crippen molar-refractivity contribution in [2.45, 2.75) is 5.16 Å². The van der Waals surface area contributed by atoms with Crippen LogP contribution in [0.25, 0.3) is 11.0 Å². The van der Waals surface area contributed by atoms with Gasteiger partial charge >= 0.3 is 0 Å². The van der Waals surface area contributed by atoms with Crippen LogP contribution in [0, 0.1) is 0 Å². The van der Waals surface area contributed by atoms with Gasteiger partial charge in [0.25, 0.3) is 5.91 Å². The molecule has 3 aromatic carbocycles. The summed E-state index contributed by atoms with van der Waals surface area (Å²) < 4.78 is 5.80. The number of aromatic amines is 1. The van der Waals surface area contributed by atoms with Gasteiger partial charge in [-0.15, -0.1) is 0 Å². The maximum Gasteiger partial charge on any atom is 0.250 e. The zero-order valence-electron chi connectivity index (χ0n) is 15.4. The van der Waals surface area contributed by atoms with Crippen LogP contribution in [-0.4, -0.2) is 27.8 Å². The summed E-state index contributed by atoms with van der Waals surface area (Å²) >= 11 is 1.33. The molecular formula is C22H18N4O2S. The fourth-order valence-electron chi connectivity index (χ4n) is 2.63. The Kier molecular flexibility index (Phi) is 5.87. The molecule has 6 nitrogen and oxygen atoms in total. The summed E-state index contributed by atoms with van der Waals surface area (Å²) in [6.07, 6.45) is 1.58. The number of nitrogens with one attached hydrogen (secondary N) is 2. The maximum atomic E-state index is 12.0. The standard InChI is InChI=1S/C22H18N4O2S/c27-21(15-29-22-24-19-11-4-5-12-20(19)25-22)26-23-14-16-7-6-10-18(13-16)28-17-8-2-1-3-9-17/h1-14H,15H2,(H,24,25)(H,26,27). The number of hydrogen-bond acceptors (Lipinski definition) is 5. The predicted molar refractivity (Wildman–Crippen MR) is 116 cm³/mol. The third-order valence-electron chi connectivity index (χ3n) is 3.95. The summed E-state index contributed by atoms with van der Waals surface area (Å²) in [5, 5.41) is 4.73. The normalized spacial score (nSPS) is 11.0. The number of benzene rings is 3. The smallest absolute Gasteiger partial charge is 0.250 e. The van der Waals surface area contributed by atoms with E-state index >= 15 is 0 Å². The number of carbonyl (C=O) groups is 1. The van der Waals surface area contributed by atoms with Crippen molar-refractivity contribution >= 4 is 34.9 Å². The Morgan fingerprint density at radius 3 is 2.69 bits per heavy atom. The van der Waals surface area contributed by atoms with Crippen molar-refractivity contribution in [1.29, 1.82) is 0 Å². The number of rotatable bonds is 7. The van der Waals surface area contributed by atoms with Gasteiger partial charge in [0.15, 0.2) is 5.16 Å². The number of ether oxygens (including phenoxy) is 1. The molecule has 29 heavy (non-hydrogen) atoms. The van der Waals surface area contributed by atoms with Gasteiger partial charge < -0.3 is 9.72 Å². The number of amides is 1. The highest BCUT2D eigenvalue weighted by Gasteiger charge is 2.06. The highest BCUT2D eigenvalue weighted by molar-refractivity contribution is 7.99. The first kappa shape index (κ1) is 18.8. The van der Waals surface area contributed by atoms with E-state index in [0.717, 1.165) is 22.3 Å². The average Bonchev–Trinajstić information content (AvgIpc) is 3.16. The molecule has 0 fully saturated rings. The molecule has 1 amide bonds. The summed E-state index contributed by atoms with van der Waals surface area (Å²) in [5.74, 6) is 1.47. The molecular weight excluding hydrogens is 384 g/mol. The largest absolute Gasteiger partial charge is 0.457 e. The molecule has 0 bridgehead atoms. The van der Waals surface area contributed by atoms with Gasteiger partial charge in [-0.25, -0.2) is 10.4 Å². The third kappa shape index (κ3) is 5.24. The van der Waals surface area contributed by atoms with E-state index in [2.05, 4.69) is 20.5 Å². The van der Waals surface area contributed by atoms with Gasteiger partial charge in [0.2, 0.25) is 0 Å². The van der Waals surface area contributed by atoms with Crippen LogP contribution in [0.3, 0.4) is 0 Å². The molecule has 7 heteroatoms. The van der Waals surface area contributed by atoms with Gasteiger partial charge in [-0.3, -0.25) is 4.79 Å².